The molecule has 0 amide bonds. The third kappa shape index (κ3) is 4.37. The van der Waals surface area contributed by atoms with Gasteiger partial charge in [0, 0.05) is 27.9 Å². The molecular weight excluding hydrogens is 675 g/mol. The van der Waals surface area contributed by atoms with Crippen LogP contribution in [0.25, 0.3) is 33.4 Å². The molecule has 1 heteroatoms. The Hall–Kier alpha value is -6.44. The van der Waals surface area contributed by atoms with Gasteiger partial charge in [-0.3, -0.25) is 0 Å². The van der Waals surface area contributed by atoms with Crippen LogP contribution >= 0.6 is 0 Å². The molecule has 1 nitrogen and oxygen atoms in total. The van der Waals surface area contributed by atoms with Crippen LogP contribution in [0, 0.1) is 0 Å². The summed E-state index contributed by atoms with van der Waals surface area (Å²) in [6, 6.07) is 70.7. The van der Waals surface area contributed by atoms with Gasteiger partial charge in [0.2, 0.25) is 0 Å². The van der Waals surface area contributed by atoms with Crippen LogP contribution in [0.5, 0.6) is 0 Å². The average Bonchev–Trinajstić information content (AvgIpc) is 3.76. The first-order chi connectivity index (χ1) is 27.3. The molecule has 268 valence electrons. The van der Waals surface area contributed by atoms with Crippen molar-refractivity contribution in [3.8, 4) is 33.4 Å². The third-order valence-corrected chi connectivity index (χ3v) is 13.4. The monoisotopic (exact) mass is 717 g/mol. The number of fused-ring (bicyclic) bond motifs is 9. The maximum absolute atomic E-state index is 2.52. The van der Waals surface area contributed by atoms with Gasteiger partial charge in [-0.25, -0.2) is 0 Å². The van der Waals surface area contributed by atoms with Crippen molar-refractivity contribution in [1.82, 2.24) is 0 Å². The van der Waals surface area contributed by atoms with Crippen molar-refractivity contribution in [1.29, 1.82) is 0 Å². The molecule has 3 aliphatic rings. The predicted octanol–water partition coefficient (Wildman–Crippen LogP) is 14.1. The quantitative estimate of drug-likeness (QED) is 0.171. The van der Waals surface area contributed by atoms with Gasteiger partial charge in [-0.1, -0.05) is 179 Å². The molecule has 0 bridgehead atoms. The van der Waals surface area contributed by atoms with Crippen molar-refractivity contribution in [2.24, 2.45) is 0 Å². The first kappa shape index (κ1) is 32.9. The van der Waals surface area contributed by atoms with Crippen LogP contribution in [0.3, 0.4) is 0 Å². The molecule has 0 unspecified atom stereocenters. The third-order valence-electron chi connectivity index (χ3n) is 13.4. The molecule has 0 saturated heterocycles. The summed E-state index contributed by atoms with van der Waals surface area (Å²) in [4.78, 5) is 2.52. The topological polar surface area (TPSA) is 3.24 Å². The molecule has 11 rings (SSSR count). The van der Waals surface area contributed by atoms with E-state index in [1.807, 2.05) is 0 Å². The maximum Gasteiger partial charge on any atom is 0.0714 e. The number of benzene rings is 8. The van der Waals surface area contributed by atoms with E-state index >= 15 is 0 Å². The Bertz CT molecular complexity index is 2710. The minimum absolute atomic E-state index is 0.121. The van der Waals surface area contributed by atoms with E-state index in [2.05, 4.69) is 221 Å². The fourth-order valence-corrected chi connectivity index (χ4v) is 10.7. The molecule has 0 radical (unpaired) electrons. The van der Waals surface area contributed by atoms with Gasteiger partial charge in [0.15, 0.2) is 0 Å². The lowest BCUT2D eigenvalue weighted by Crippen LogP contribution is -2.28. The van der Waals surface area contributed by atoms with E-state index in [9.17, 15) is 0 Å². The van der Waals surface area contributed by atoms with Gasteiger partial charge in [0.1, 0.15) is 0 Å². The lowest BCUT2D eigenvalue weighted by molar-refractivity contribution is 0.660. The molecule has 8 aromatic rings. The van der Waals surface area contributed by atoms with Crippen LogP contribution in [0.1, 0.15) is 72.2 Å². The summed E-state index contributed by atoms with van der Waals surface area (Å²) in [6.45, 7) is 9.51. The summed E-state index contributed by atoms with van der Waals surface area (Å²) in [7, 11) is 0. The van der Waals surface area contributed by atoms with E-state index in [4.69, 9.17) is 0 Å². The fourth-order valence-electron chi connectivity index (χ4n) is 10.7. The molecule has 0 heterocycles. The smallest absolute Gasteiger partial charge is 0.0714 e. The zero-order valence-electron chi connectivity index (χ0n) is 32.3. The summed E-state index contributed by atoms with van der Waals surface area (Å²) in [6.07, 6.45) is 0. The van der Waals surface area contributed by atoms with Crippen molar-refractivity contribution in [2.75, 3.05) is 4.90 Å². The van der Waals surface area contributed by atoms with Crippen LogP contribution in [-0.4, -0.2) is 0 Å². The van der Waals surface area contributed by atoms with Gasteiger partial charge < -0.3 is 4.90 Å². The largest absolute Gasteiger partial charge is 0.310 e. The minimum Gasteiger partial charge on any atom is -0.310 e. The molecule has 0 N–H and O–H groups in total. The Labute approximate surface area is 330 Å². The van der Waals surface area contributed by atoms with E-state index in [0.29, 0.717) is 0 Å². The summed E-state index contributed by atoms with van der Waals surface area (Å²) in [5.41, 5.74) is 21.4. The molecule has 0 aliphatic heterocycles. The highest BCUT2D eigenvalue weighted by molar-refractivity contribution is 5.92. The van der Waals surface area contributed by atoms with Gasteiger partial charge in [-0.15, -0.1) is 0 Å². The zero-order valence-corrected chi connectivity index (χ0v) is 32.3. The Kier molecular flexibility index (Phi) is 6.93. The van der Waals surface area contributed by atoms with Crippen LogP contribution in [0.2, 0.25) is 0 Å². The number of anilines is 3. The number of nitrogens with zero attached hydrogens (tertiary/aromatic N) is 1. The van der Waals surface area contributed by atoms with E-state index in [0.717, 1.165) is 5.69 Å². The molecule has 0 spiro atoms. The highest BCUT2D eigenvalue weighted by atomic mass is 15.1. The minimum atomic E-state index is -0.487. The van der Waals surface area contributed by atoms with Crippen LogP contribution in [0.4, 0.5) is 17.1 Å². The average molecular weight is 718 g/mol. The Balaban J connectivity index is 1.18. The summed E-state index contributed by atoms with van der Waals surface area (Å²) in [5.74, 6) is 0. The Morgan fingerprint density at radius 1 is 0.286 bits per heavy atom. The molecular formula is C55H43N. The van der Waals surface area contributed by atoms with Gasteiger partial charge >= 0.3 is 0 Å². The highest BCUT2D eigenvalue weighted by Crippen LogP contribution is 2.58. The van der Waals surface area contributed by atoms with E-state index in [1.54, 1.807) is 0 Å². The number of hydrogen-bond donors (Lipinski definition) is 0. The second kappa shape index (κ2) is 11.8. The second-order valence-corrected chi connectivity index (χ2v) is 16.9. The fraction of sp³-hybridized carbons (Fsp3) is 0.127. The standard InChI is InChI=1S/C55H43N/c1-53(2)47-24-14-11-21-41(47)44-30-27-38(33-50(44)53)56(39-28-31-45-42-22-12-15-25-48(42)54(3,4)51(45)34-39)40-29-32-46-43-23-13-16-26-49(43)55(52(46)35-40,36-17-7-5-8-18-36)37-19-9-6-10-20-37/h5-35H,1-4H3. The Morgan fingerprint density at radius 2 is 0.607 bits per heavy atom. The van der Waals surface area contributed by atoms with Crippen molar-refractivity contribution in [3.05, 3.63) is 233 Å². The zero-order chi connectivity index (χ0) is 37.8. The number of rotatable bonds is 5. The van der Waals surface area contributed by atoms with Crippen LogP contribution in [-0.2, 0) is 16.2 Å². The van der Waals surface area contributed by atoms with Crippen molar-refractivity contribution >= 4 is 17.1 Å². The predicted molar refractivity (Wildman–Crippen MR) is 234 cm³/mol. The first-order valence-electron chi connectivity index (χ1n) is 19.9. The SMILES string of the molecule is CC1(C)c2ccccc2-c2ccc(N(c3ccc4c(c3)C(C)(C)c3ccccc3-4)c3ccc4c(c3)C(c3ccccc3)(c3ccccc3)c3ccccc3-4)cc21. The van der Waals surface area contributed by atoms with Gasteiger partial charge in [0.05, 0.1) is 5.41 Å². The second-order valence-electron chi connectivity index (χ2n) is 16.9. The summed E-state index contributed by atoms with van der Waals surface area (Å²) in [5, 5.41) is 0. The molecule has 0 atom stereocenters. The molecule has 3 aliphatic carbocycles. The summed E-state index contributed by atoms with van der Waals surface area (Å²) >= 11 is 0. The highest BCUT2D eigenvalue weighted by Gasteiger charge is 2.46. The lowest BCUT2D eigenvalue weighted by atomic mass is 9.67. The molecule has 0 saturated carbocycles. The number of hydrogen-bond acceptors (Lipinski definition) is 1. The molecule has 56 heavy (non-hydrogen) atoms. The van der Waals surface area contributed by atoms with E-state index in [-0.39, 0.29) is 10.8 Å². The van der Waals surface area contributed by atoms with Gasteiger partial charge in [0.25, 0.3) is 0 Å². The van der Waals surface area contributed by atoms with E-state index < -0.39 is 5.41 Å². The molecule has 0 fully saturated rings. The van der Waals surface area contributed by atoms with Crippen molar-refractivity contribution in [2.45, 2.75) is 43.9 Å². The lowest BCUT2D eigenvalue weighted by Gasteiger charge is -2.35. The van der Waals surface area contributed by atoms with Crippen LogP contribution < -0.4 is 4.90 Å². The normalized spacial score (nSPS) is 15.6. The molecule has 0 aromatic heterocycles. The summed E-state index contributed by atoms with van der Waals surface area (Å²) < 4.78 is 0. The maximum atomic E-state index is 2.52. The van der Waals surface area contributed by atoms with Crippen molar-refractivity contribution < 1.29 is 0 Å². The van der Waals surface area contributed by atoms with Gasteiger partial charge in [-0.2, -0.15) is 0 Å². The van der Waals surface area contributed by atoms with Crippen LogP contribution in [0.15, 0.2) is 188 Å². The Morgan fingerprint density at radius 3 is 1.05 bits per heavy atom. The van der Waals surface area contributed by atoms with Crippen molar-refractivity contribution in [3.63, 3.8) is 0 Å². The first-order valence-corrected chi connectivity index (χ1v) is 19.9. The van der Waals surface area contributed by atoms with E-state index in [1.165, 1.54) is 89.3 Å². The molecule has 8 aromatic carbocycles. The van der Waals surface area contributed by atoms with Gasteiger partial charge in [-0.05, 0) is 114 Å².